The van der Waals surface area contributed by atoms with Gasteiger partial charge in [-0.2, -0.15) is 0 Å². The number of aryl methyl sites for hydroxylation is 1. The predicted octanol–water partition coefficient (Wildman–Crippen LogP) is 1.54. The minimum Gasteiger partial charge on any atom is -0.352 e. The van der Waals surface area contributed by atoms with Crippen LogP contribution in [0.5, 0.6) is 0 Å². The Labute approximate surface area is 109 Å². The molecule has 1 unspecified atom stereocenters. The van der Waals surface area contributed by atoms with Gasteiger partial charge in [0.15, 0.2) is 0 Å². The van der Waals surface area contributed by atoms with E-state index in [9.17, 15) is 0 Å². The van der Waals surface area contributed by atoms with E-state index in [4.69, 9.17) is 0 Å². The molecule has 1 aliphatic carbocycles. The summed E-state index contributed by atoms with van der Waals surface area (Å²) in [6.07, 6.45) is 7.83. The van der Waals surface area contributed by atoms with Gasteiger partial charge in [0.05, 0.1) is 0 Å². The normalized spacial score (nSPS) is 22.8. The monoisotopic (exact) mass is 246 g/mol. The van der Waals surface area contributed by atoms with Gasteiger partial charge < -0.3 is 10.2 Å². The summed E-state index contributed by atoms with van der Waals surface area (Å²) in [5.41, 5.74) is 2.70. The van der Waals surface area contributed by atoms with Crippen molar-refractivity contribution >= 4 is 5.82 Å². The molecule has 0 saturated carbocycles. The van der Waals surface area contributed by atoms with Gasteiger partial charge in [-0.3, -0.25) is 0 Å². The molecule has 0 aromatic carbocycles. The summed E-state index contributed by atoms with van der Waals surface area (Å²) >= 11 is 0. The molecule has 1 aromatic rings. The largest absolute Gasteiger partial charge is 0.352 e. The van der Waals surface area contributed by atoms with Crippen molar-refractivity contribution in [3.05, 3.63) is 17.6 Å². The van der Waals surface area contributed by atoms with Gasteiger partial charge in [0.2, 0.25) is 0 Å². The van der Waals surface area contributed by atoms with E-state index < -0.39 is 0 Å². The molecule has 0 amide bonds. The molecule has 3 rings (SSSR count). The Morgan fingerprint density at radius 2 is 2.22 bits per heavy atom. The van der Waals surface area contributed by atoms with Crippen LogP contribution in [0.3, 0.4) is 0 Å². The van der Waals surface area contributed by atoms with Crippen molar-refractivity contribution in [3.8, 4) is 0 Å². The van der Waals surface area contributed by atoms with E-state index in [1.807, 2.05) is 0 Å². The first-order valence-corrected chi connectivity index (χ1v) is 7.20. The maximum Gasteiger partial charge on any atom is 0.135 e. The summed E-state index contributed by atoms with van der Waals surface area (Å²) in [7, 11) is 0. The Morgan fingerprint density at radius 1 is 1.33 bits per heavy atom. The summed E-state index contributed by atoms with van der Waals surface area (Å²) in [5.74, 6) is 1.20. The molecule has 2 aliphatic rings. The second-order valence-corrected chi connectivity index (χ2v) is 5.26. The molecular formula is C14H22N4. The van der Waals surface area contributed by atoms with Gasteiger partial charge in [-0.25, -0.2) is 9.97 Å². The number of aromatic nitrogens is 2. The van der Waals surface area contributed by atoms with Gasteiger partial charge in [0.1, 0.15) is 12.1 Å². The summed E-state index contributed by atoms with van der Waals surface area (Å²) in [5, 5.41) is 3.45. The van der Waals surface area contributed by atoms with Gasteiger partial charge in [-0.05, 0) is 45.6 Å². The summed E-state index contributed by atoms with van der Waals surface area (Å²) in [4.78, 5) is 11.5. The van der Waals surface area contributed by atoms with Gasteiger partial charge in [0.25, 0.3) is 0 Å². The number of fused-ring (bicyclic) bond motifs is 1. The quantitative estimate of drug-likeness (QED) is 0.878. The van der Waals surface area contributed by atoms with E-state index in [1.54, 1.807) is 6.33 Å². The molecular weight excluding hydrogens is 224 g/mol. The van der Waals surface area contributed by atoms with Crippen molar-refractivity contribution in [1.82, 2.24) is 15.3 Å². The lowest BCUT2D eigenvalue weighted by Crippen LogP contribution is -2.38. The Balaban J connectivity index is 1.93. The lowest BCUT2D eigenvalue weighted by molar-refractivity contribution is 0.615. The number of hydrogen-bond donors (Lipinski definition) is 1. The average molecular weight is 246 g/mol. The van der Waals surface area contributed by atoms with Crippen molar-refractivity contribution in [1.29, 1.82) is 0 Å². The number of rotatable bonds is 3. The smallest absolute Gasteiger partial charge is 0.135 e. The minimum absolute atomic E-state index is 0.607. The highest BCUT2D eigenvalue weighted by Gasteiger charge is 2.26. The molecule has 0 bridgehead atoms. The average Bonchev–Trinajstić information content (AvgIpc) is 2.94. The molecule has 0 spiro atoms. The van der Waals surface area contributed by atoms with E-state index in [1.165, 1.54) is 36.3 Å². The molecule has 1 aliphatic heterocycles. The first kappa shape index (κ1) is 11.9. The number of hydrogen-bond acceptors (Lipinski definition) is 4. The van der Waals surface area contributed by atoms with E-state index in [0.717, 1.165) is 32.5 Å². The zero-order valence-corrected chi connectivity index (χ0v) is 11.2. The molecule has 4 nitrogen and oxygen atoms in total. The van der Waals surface area contributed by atoms with Crippen LogP contribution in [0.4, 0.5) is 5.82 Å². The Hall–Kier alpha value is -1.16. The molecule has 0 radical (unpaired) electrons. The standard InChI is InChI=1S/C14H22N4/c1-2-18(11-7-8-15-9-11)14-12-5-3-4-6-13(12)16-10-17-14/h10-11,15H,2-9H2,1H3. The molecule has 1 aromatic heterocycles. The molecule has 1 N–H and O–H groups in total. The highest BCUT2D eigenvalue weighted by atomic mass is 15.2. The van der Waals surface area contributed by atoms with Crippen LogP contribution in [0.25, 0.3) is 0 Å². The summed E-state index contributed by atoms with van der Waals surface area (Å²) < 4.78 is 0. The minimum atomic E-state index is 0.607. The van der Waals surface area contributed by atoms with Gasteiger partial charge >= 0.3 is 0 Å². The van der Waals surface area contributed by atoms with E-state index in [-0.39, 0.29) is 0 Å². The fraction of sp³-hybridized carbons (Fsp3) is 0.714. The second-order valence-electron chi connectivity index (χ2n) is 5.26. The van der Waals surface area contributed by atoms with Crippen LogP contribution in [0.15, 0.2) is 6.33 Å². The number of anilines is 1. The van der Waals surface area contributed by atoms with Crippen LogP contribution < -0.4 is 10.2 Å². The molecule has 2 heterocycles. The van der Waals surface area contributed by atoms with Crippen molar-refractivity contribution in [2.45, 2.75) is 45.1 Å². The third-order valence-electron chi connectivity index (χ3n) is 4.19. The van der Waals surface area contributed by atoms with E-state index in [0.29, 0.717) is 6.04 Å². The van der Waals surface area contributed by atoms with Gasteiger partial charge in [-0.1, -0.05) is 0 Å². The molecule has 18 heavy (non-hydrogen) atoms. The molecule has 4 heteroatoms. The maximum atomic E-state index is 4.59. The molecule has 1 fully saturated rings. The summed E-state index contributed by atoms with van der Waals surface area (Å²) in [6.45, 7) is 5.49. The first-order chi connectivity index (χ1) is 8.90. The zero-order chi connectivity index (χ0) is 12.4. The predicted molar refractivity (Wildman–Crippen MR) is 73.0 cm³/mol. The lowest BCUT2D eigenvalue weighted by atomic mass is 9.96. The fourth-order valence-corrected chi connectivity index (χ4v) is 3.24. The van der Waals surface area contributed by atoms with Crippen LogP contribution in [0.2, 0.25) is 0 Å². The lowest BCUT2D eigenvalue weighted by Gasteiger charge is -2.31. The first-order valence-electron chi connectivity index (χ1n) is 7.20. The number of nitrogens with zero attached hydrogens (tertiary/aromatic N) is 3. The molecule has 1 atom stereocenters. The van der Waals surface area contributed by atoms with Crippen molar-refractivity contribution < 1.29 is 0 Å². The summed E-state index contributed by atoms with van der Waals surface area (Å²) in [6, 6.07) is 0.607. The Kier molecular flexibility index (Phi) is 3.46. The van der Waals surface area contributed by atoms with Crippen LogP contribution in [0, 0.1) is 0 Å². The van der Waals surface area contributed by atoms with Crippen molar-refractivity contribution in [2.24, 2.45) is 0 Å². The fourth-order valence-electron chi connectivity index (χ4n) is 3.24. The van der Waals surface area contributed by atoms with Gasteiger partial charge in [0, 0.05) is 30.4 Å². The van der Waals surface area contributed by atoms with Crippen LogP contribution in [-0.2, 0) is 12.8 Å². The highest BCUT2D eigenvalue weighted by molar-refractivity contribution is 5.50. The second kappa shape index (κ2) is 5.22. The van der Waals surface area contributed by atoms with Crippen molar-refractivity contribution in [3.63, 3.8) is 0 Å². The Bertz CT molecular complexity index is 412. The number of likely N-dealkylation sites (N-methyl/N-ethyl adjacent to an activating group) is 1. The zero-order valence-electron chi connectivity index (χ0n) is 11.2. The van der Waals surface area contributed by atoms with Crippen molar-refractivity contribution in [2.75, 3.05) is 24.5 Å². The SMILES string of the molecule is CCN(c1ncnc2c1CCCC2)C1CCNC1. The van der Waals surface area contributed by atoms with Crippen LogP contribution >= 0.6 is 0 Å². The number of nitrogens with one attached hydrogen (secondary N) is 1. The van der Waals surface area contributed by atoms with E-state index in [2.05, 4.69) is 27.1 Å². The Morgan fingerprint density at radius 3 is 3.00 bits per heavy atom. The maximum absolute atomic E-state index is 4.59. The third-order valence-corrected chi connectivity index (χ3v) is 4.19. The molecule has 1 saturated heterocycles. The van der Waals surface area contributed by atoms with Crippen LogP contribution in [-0.4, -0.2) is 35.6 Å². The topological polar surface area (TPSA) is 41.1 Å². The van der Waals surface area contributed by atoms with Crippen LogP contribution in [0.1, 0.15) is 37.4 Å². The molecule has 98 valence electrons. The third kappa shape index (κ3) is 2.09. The highest BCUT2D eigenvalue weighted by Crippen LogP contribution is 2.28. The van der Waals surface area contributed by atoms with E-state index >= 15 is 0 Å². The van der Waals surface area contributed by atoms with Gasteiger partial charge in [-0.15, -0.1) is 0 Å².